The van der Waals surface area contributed by atoms with Crippen molar-refractivity contribution in [3.05, 3.63) is 24.2 Å². The van der Waals surface area contributed by atoms with Gasteiger partial charge in [-0.05, 0) is 25.0 Å². The number of hydrogen-bond donors (Lipinski definition) is 2. The maximum Gasteiger partial charge on any atom is 0.236 e. The first kappa shape index (κ1) is 13.8. The summed E-state index contributed by atoms with van der Waals surface area (Å²) in [5.41, 5.74) is 0. The van der Waals surface area contributed by atoms with E-state index in [1.54, 1.807) is 6.26 Å². The van der Waals surface area contributed by atoms with E-state index in [4.69, 9.17) is 4.42 Å². The van der Waals surface area contributed by atoms with Crippen molar-refractivity contribution >= 4 is 5.91 Å². The summed E-state index contributed by atoms with van der Waals surface area (Å²) < 4.78 is 5.21. The third kappa shape index (κ3) is 5.54. The fourth-order valence-corrected chi connectivity index (χ4v) is 1.42. The average Bonchev–Trinajstić information content (AvgIpc) is 2.78. The Morgan fingerprint density at radius 1 is 1.41 bits per heavy atom. The molecule has 0 aliphatic rings. The van der Waals surface area contributed by atoms with Gasteiger partial charge in [-0.2, -0.15) is 0 Å². The number of furan rings is 1. The summed E-state index contributed by atoms with van der Waals surface area (Å²) in [6.07, 6.45) is 2.46. The Morgan fingerprint density at radius 3 is 2.76 bits per heavy atom. The monoisotopic (exact) mass is 238 g/mol. The molecule has 96 valence electrons. The predicted molar refractivity (Wildman–Crippen MR) is 67.7 cm³/mol. The van der Waals surface area contributed by atoms with Gasteiger partial charge in [-0.3, -0.25) is 4.79 Å². The van der Waals surface area contributed by atoms with Crippen LogP contribution in [-0.2, 0) is 11.2 Å². The molecule has 1 rings (SSSR count). The molecule has 0 spiro atoms. The molecule has 0 aliphatic heterocycles. The Hall–Kier alpha value is -1.29. The van der Waals surface area contributed by atoms with E-state index in [2.05, 4.69) is 24.5 Å². The van der Waals surface area contributed by atoms with Crippen LogP contribution < -0.4 is 10.6 Å². The van der Waals surface area contributed by atoms with Crippen molar-refractivity contribution in [3.8, 4) is 0 Å². The van der Waals surface area contributed by atoms with Crippen LogP contribution in [0.15, 0.2) is 22.8 Å². The van der Waals surface area contributed by atoms with Gasteiger partial charge in [0.25, 0.3) is 0 Å². The molecule has 17 heavy (non-hydrogen) atoms. The van der Waals surface area contributed by atoms with Crippen LogP contribution in [0.5, 0.6) is 0 Å². The first-order valence-electron chi connectivity index (χ1n) is 6.13. The quantitative estimate of drug-likeness (QED) is 0.758. The van der Waals surface area contributed by atoms with E-state index in [1.165, 1.54) is 0 Å². The van der Waals surface area contributed by atoms with Gasteiger partial charge in [0.1, 0.15) is 5.76 Å². The zero-order valence-electron chi connectivity index (χ0n) is 10.8. The SMILES string of the molecule is CC(C)CNC(=O)C(C)NCCc1ccco1. The van der Waals surface area contributed by atoms with Crippen LogP contribution in [0.25, 0.3) is 0 Å². The lowest BCUT2D eigenvalue weighted by atomic mass is 10.2. The topological polar surface area (TPSA) is 54.3 Å². The maximum absolute atomic E-state index is 11.6. The minimum absolute atomic E-state index is 0.0538. The van der Waals surface area contributed by atoms with Crippen LogP contribution in [0.2, 0.25) is 0 Å². The molecule has 1 aromatic heterocycles. The molecule has 2 N–H and O–H groups in total. The highest BCUT2D eigenvalue weighted by molar-refractivity contribution is 5.81. The van der Waals surface area contributed by atoms with Crippen molar-refractivity contribution in [1.29, 1.82) is 0 Å². The zero-order chi connectivity index (χ0) is 12.7. The summed E-state index contributed by atoms with van der Waals surface area (Å²) in [5.74, 6) is 1.47. The van der Waals surface area contributed by atoms with Crippen LogP contribution in [0.1, 0.15) is 26.5 Å². The number of carbonyl (C=O) groups excluding carboxylic acids is 1. The molecule has 4 heteroatoms. The highest BCUT2D eigenvalue weighted by Gasteiger charge is 2.11. The van der Waals surface area contributed by atoms with Crippen LogP contribution in [0.3, 0.4) is 0 Å². The summed E-state index contributed by atoms with van der Waals surface area (Å²) in [6.45, 7) is 7.50. The van der Waals surface area contributed by atoms with Crippen molar-refractivity contribution in [2.24, 2.45) is 5.92 Å². The molecule has 0 bridgehead atoms. The molecule has 0 saturated heterocycles. The number of hydrogen-bond acceptors (Lipinski definition) is 3. The first-order chi connectivity index (χ1) is 8.09. The van der Waals surface area contributed by atoms with Gasteiger partial charge in [-0.1, -0.05) is 13.8 Å². The van der Waals surface area contributed by atoms with Crippen molar-refractivity contribution in [2.45, 2.75) is 33.2 Å². The summed E-state index contributed by atoms with van der Waals surface area (Å²) in [7, 11) is 0. The molecule has 1 atom stereocenters. The number of amides is 1. The highest BCUT2D eigenvalue weighted by atomic mass is 16.3. The van der Waals surface area contributed by atoms with Crippen LogP contribution in [-0.4, -0.2) is 25.0 Å². The Balaban J connectivity index is 2.15. The Morgan fingerprint density at radius 2 is 2.18 bits per heavy atom. The molecule has 1 unspecified atom stereocenters. The van der Waals surface area contributed by atoms with Crippen LogP contribution in [0.4, 0.5) is 0 Å². The molecule has 0 fully saturated rings. The van der Waals surface area contributed by atoms with Crippen molar-refractivity contribution in [3.63, 3.8) is 0 Å². The predicted octanol–water partition coefficient (Wildman–Crippen LogP) is 1.57. The molecular formula is C13H22N2O2. The zero-order valence-corrected chi connectivity index (χ0v) is 10.8. The van der Waals surface area contributed by atoms with Crippen LogP contribution >= 0.6 is 0 Å². The second-order valence-corrected chi connectivity index (χ2v) is 4.64. The Bertz CT molecular complexity index is 320. The smallest absolute Gasteiger partial charge is 0.236 e. The van der Waals surface area contributed by atoms with Crippen molar-refractivity contribution in [2.75, 3.05) is 13.1 Å². The Kier molecular flexibility index (Phi) is 5.77. The molecule has 0 aromatic carbocycles. The Labute approximate surface area is 103 Å². The van der Waals surface area contributed by atoms with E-state index >= 15 is 0 Å². The average molecular weight is 238 g/mol. The minimum Gasteiger partial charge on any atom is -0.469 e. The highest BCUT2D eigenvalue weighted by Crippen LogP contribution is 1.99. The largest absolute Gasteiger partial charge is 0.469 e. The summed E-state index contributed by atoms with van der Waals surface area (Å²) in [4.78, 5) is 11.6. The molecule has 0 radical (unpaired) electrons. The normalized spacial score (nSPS) is 12.7. The molecule has 1 heterocycles. The number of nitrogens with one attached hydrogen (secondary N) is 2. The fourth-order valence-electron chi connectivity index (χ4n) is 1.42. The summed E-state index contributed by atoms with van der Waals surface area (Å²) in [5, 5.41) is 6.07. The van der Waals surface area contributed by atoms with E-state index in [0.717, 1.165) is 25.3 Å². The van der Waals surface area contributed by atoms with Gasteiger partial charge in [-0.25, -0.2) is 0 Å². The number of carbonyl (C=O) groups is 1. The van der Waals surface area contributed by atoms with Gasteiger partial charge in [0.05, 0.1) is 12.3 Å². The van der Waals surface area contributed by atoms with E-state index in [-0.39, 0.29) is 11.9 Å². The van der Waals surface area contributed by atoms with Gasteiger partial charge >= 0.3 is 0 Å². The molecule has 4 nitrogen and oxygen atoms in total. The van der Waals surface area contributed by atoms with Gasteiger partial charge < -0.3 is 15.1 Å². The first-order valence-corrected chi connectivity index (χ1v) is 6.13. The molecule has 0 aliphatic carbocycles. The maximum atomic E-state index is 11.6. The van der Waals surface area contributed by atoms with Crippen LogP contribution in [0, 0.1) is 5.92 Å². The second kappa shape index (κ2) is 7.12. The van der Waals surface area contributed by atoms with Gasteiger partial charge in [-0.15, -0.1) is 0 Å². The molecule has 1 amide bonds. The van der Waals surface area contributed by atoms with E-state index in [9.17, 15) is 4.79 Å². The lowest BCUT2D eigenvalue weighted by Gasteiger charge is -2.14. The number of rotatable bonds is 7. The minimum atomic E-state index is -0.163. The van der Waals surface area contributed by atoms with Crippen molar-refractivity contribution < 1.29 is 9.21 Å². The second-order valence-electron chi connectivity index (χ2n) is 4.64. The van der Waals surface area contributed by atoms with E-state index in [1.807, 2.05) is 19.1 Å². The molecule has 1 aromatic rings. The third-order valence-electron chi connectivity index (χ3n) is 2.48. The summed E-state index contributed by atoms with van der Waals surface area (Å²) >= 11 is 0. The van der Waals surface area contributed by atoms with Crippen molar-refractivity contribution in [1.82, 2.24) is 10.6 Å². The van der Waals surface area contributed by atoms with E-state index in [0.29, 0.717) is 5.92 Å². The summed E-state index contributed by atoms with van der Waals surface area (Å²) in [6, 6.07) is 3.64. The van der Waals surface area contributed by atoms with Gasteiger partial charge in [0.2, 0.25) is 5.91 Å². The fraction of sp³-hybridized carbons (Fsp3) is 0.615. The third-order valence-corrected chi connectivity index (χ3v) is 2.48. The molecule has 0 saturated carbocycles. The van der Waals surface area contributed by atoms with E-state index < -0.39 is 0 Å². The lowest BCUT2D eigenvalue weighted by molar-refractivity contribution is -0.122. The van der Waals surface area contributed by atoms with Gasteiger partial charge in [0.15, 0.2) is 0 Å². The molecular weight excluding hydrogens is 216 g/mol. The lowest BCUT2D eigenvalue weighted by Crippen LogP contribution is -2.43. The van der Waals surface area contributed by atoms with Gasteiger partial charge in [0, 0.05) is 19.5 Å². The standard InChI is InChI=1S/C13H22N2O2/c1-10(2)9-15-13(16)11(3)14-7-6-12-5-4-8-17-12/h4-5,8,10-11,14H,6-7,9H2,1-3H3,(H,15,16).